The minimum atomic E-state index is -0.809. The van der Waals surface area contributed by atoms with E-state index in [2.05, 4.69) is 61.5 Å². The monoisotopic (exact) mass is 447 g/mol. The molecule has 1 aliphatic rings. The van der Waals surface area contributed by atoms with Gasteiger partial charge >= 0.3 is 5.97 Å². The first kappa shape index (κ1) is 23.5. The zero-order chi connectivity index (χ0) is 23.9. The van der Waals surface area contributed by atoms with E-state index in [9.17, 15) is 4.79 Å². The normalized spacial score (nSPS) is 17.1. The fraction of sp³-hybridized carbons (Fsp3) is 0.500. The van der Waals surface area contributed by atoms with Crippen molar-refractivity contribution in [3.05, 3.63) is 64.6 Å². The summed E-state index contributed by atoms with van der Waals surface area (Å²) in [6.45, 7) is 12.3. The summed E-state index contributed by atoms with van der Waals surface area (Å²) in [5.74, 6) is -0.109. The molecule has 4 rings (SSSR count). The molecule has 0 radical (unpaired) electrons. The Labute approximate surface area is 197 Å². The highest BCUT2D eigenvalue weighted by atomic mass is 16.6. The van der Waals surface area contributed by atoms with E-state index in [0.29, 0.717) is 6.42 Å². The number of rotatable bonds is 6. The summed E-state index contributed by atoms with van der Waals surface area (Å²) in [5.41, 5.74) is 6.65. The summed E-state index contributed by atoms with van der Waals surface area (Å²) in [6.07, 6.45) is 5.23. The van der Waals surface area contributed by atoms with Gasteiger partial charge in [-0.05, 0) is 50.1 Å². The molecule has 0 amide bonds. The van der Waals surface area contributed by atoms with Crippen molar-refractivity contribution in [3.8, 4) is 0 Å². The maximum atomic E-state index is 13.1. The molecule has 33 heavy (non-hydrogen) atoms. The maximum absolute atomic E-state index is 13.1. The van der Waals surface area contributed by atoms with Crippen LogP contribution >= 0.6 is 0 Å². The van der Waals surface area contributed by atoms with Crippen molar-refractivity contribution in [3.63, 3.8) is 0 Å². The molecule has 3 heterocycles. The van der Waals surface area contributed by atoms with Crippen LogP contribution in [0.4, 0.5) is 0 Å². The molecule has 2 atom stereocenters. The van der Waals surface area contributed by atoms with Crippen LogP contribution in [0.5, 0.6) is 0 Å². The van der Waals surface area contributed by atoms with Gasteiger partial charge in [-0.3, -0.25) is 9.78 Å². The molecule has 1 aliphatic heterocycles. The van der Waals surface area contributed by atoms with Gasteiger partial charge in [-0.2, -0.15) is 0 Å². The fourth-order valence-corrected chi connectivity index (χ4v) is 5.07. The van der Waals surface area contributed by atoms with Crippen molar-refractivity contribution >= 4 is 16.9 Å². The first-order valence-electron chi connectivity index (χ1n) is 12.0. The third kappa shape index (κ3) is 4.43. The smallest absolute Gasteiger partial charge is 0.309 e. The molecule has 5 heteroatoms. The van der Waals surface area contributed by atoms with Gasteiger partial charge in [0.1, 0.15) is 5.60 Å². The van der Waals surface area contributed by atoms with Crippen molar-refractivity contribution in [1.29, 1.82) is 0 Å². The molecule has 0 aliphatic carbocycles. The van der Waals surface area contributed by atoms with Gasteiger partial charge in [0, 0.05) is 62.0 Å². The molecule has 0 saturated carbocycles. The van der Waals surface area contributed by atoms with Gasteiger partial charge in [-0.15, -0.1) is 0 Å². The van der Waals surface area contributed by atoms with E-state index in [4.69, 9.17) is 4.74 Å². The summed E-state index contributed by atoms with van der Waals surface area (Å²) in [6, 6.07) is 8.49. The Balaban J connectivity index is 1.83. The molecule has 0 fully saturated rings. The third-order valence-corrected chi connectivity index (χ3v) is 7.40. The number of hydrogen-bond donors (Lipinski definition) is 0. The van der Waals surface area contributed by atoms with E-state index < -0.39 is 5.60 Å². The molecular weight excluding hydrogens is 410 g/mol. The lowest BCUT2D eigenvalue weighted by atomic mass is 9.87. The van der Waals surface area contributed by atoms with Crippen molar-refractivity contribution in [1.82, 2.24) is 14.5 Å². The molecule has 2 unspecified atom stereocenters. The molecule has 1 aromatic carbocycles. The van der Waals surface area contributed by atoms with Gasteiger partial charge in [0.25, 0.3) is 0 Å². The van der Waals surface area contributed by atoms with Crippen LogP contribution in [0, 0.1) is 18.8 Å². The van der Waals surface area contributed by atoms with E-state index in [1.807, 2.05) is 32.2 Å². The summed E-state index contributed by atoms with van der Waals surface area (Å²) in [7, 11) is 4.37. The Morgan fingerprint density at radius 3 is 2.67 bits per heavy atom. The zero-order valence-corrected chi connectivity index (χ0v) is 21.1. The second-order valence-electron chi connectivity index (χ2n) is 10.4. The molecule has 0 bridgehead atoms. The predicted octanol–water partition coefficient (Wildman–Crippen LogP) is 5.16. The lowest BCUT2D eigenvalue weighted by Crippen LogP contribution is -2.35. The summed E-state index contributed by atoms with van der Waals surface area (Å²) < 4.78 is 8.67. The molecule has 3 aromatic rings. The number of benzene rings is 1. The zero-order valence-electron chi connectivity index (χ0n) is 21.1. The van der Waals surface area contributed by atoms with Gasteiger partial charge in [0.2, 0.25) is 0 Å². The minimum absolute atomic E-state index is 0.159. The molecule has 0 N–H and O–H groups in total. The Bertz CT molecular complexity index is 1170. The van der Waals surface area contributed by atoms with E-state index in [0.717, 1.165) is 25.1 Å². The Morgan fingerprint density at radius 2 is 2.00 bits per heavy atom. The Kier molecular flexibility index (Phi) is 6.37. The highest BCUT2D eigenvalue weighted by Crippen LogP contribution is 2.37. The lowest BCUT2D eigenvalue weighted by Gasteiger charge is -2.32. The van der Waals surface area contributed by atoms with E-state index in [1.165, 1.54) is 33.3 Å². The van der Waals surface area contributed by atoms with Crippen LogP contribution in [0.25, 0.3) is 10.9 Å². The standard InChI is InChI=1S/C28H37N3O2/c1-18(2)20(4)27(32)33-28(5,22-9-8-11-29-16-22)15-21-13-19(3)14-23-24-17-30(6)12-10-25(24)31(7)26(21)23/h8-9,11,13-14,16,18,20H,10,12,15,17H2,1-7H3. The number of ether oxygens (including phenoxy) is 1. The first-order chi connectivity index (χ1) is 15.6. The minimum Gasteiger partial charge on any atom is -0.454 e. The molecule has 2 aromatic heterocycles. The second kappa shape index (κ2) is 8.94. The Hall–Kier alpha value is -2.66. The number of esters is 1. The average molecular weight is 448 g/mol. The largest absolute Gasteiger partial charge is 0.454 e. The van der Waals surface area contributed by atoms with Crippen LogP contribution in [-0.2, 0) is 41.6 Å². The second-order valence-corrected chi connectivity index (χ2v) is 10.4. The highest BCUT2D eigenvalue weighted by Gasteiger charge is 2.35. The van der Waals surface area contributed by atoms with E-state index in [-0.39, 0.29) is 17.8 Å². The van der Waals surface area contributed by atoms with E-state index in [1.54, 1.807) is 6.20 Å². The highest BCUT2D eigenvalue weighted by molar-refractivity contribution is 5.89. The van der Waals surface area contributed by atoms with Gasteiger partial charge in [0.05, 0.1) is 11.4 Å². The number of pyridine rings is 1. The van der Waals surface area contributed by atoms with Crippen molar-refractivity contribution in [2.75, 3.05) is 13.6 Å². The van der Waals surface area contributed by atoms with Crippen molar-refractivity contribution < 1.29 is 9.53 Å². The van der Waals surface area contributed by atoms with E-state index >= 15 is 0 Å². The van der Waals surface area contributed by atoms with Crippen LogP contribution in [0.3, 0.4) is 0 Å². The lowest BCUT2D eigenvalue weighted by molar-refractivity contribution is -0.165. The molecular formula is C28H37N3O2. The predicted molar refractivity (Wildman–Crippen MR) is 133 cm³/mol. The van der Waals surface area contributed by atoms with Gasteiger partial charge < -0.3 is 14.2 Å². The quantitative estimate of drug-likeness (QED) is 0.490. The number of aromatic nitrogens is 2. The Morgan fingerprint density at radius 1 is 1.24 bits per heavy atom. The number of aryl methyl sites for hydroxylation is 2. The van der Waals surface area contributed by atoms with Gasteiger partial charge in [-0.1, -0.05) is 38.5 Å². The number of carbonyl (C=O) groups excluding carboxylic acids is 1. The number of hydrogen-bond acceptors (Lipinski definition) is 4. The summed E-state index contributed by atoms with van der Waals surface area (Å²) >= 11 is 0. The van der Waals surface area contributed by atoms with Gasteiger partial charge in [-0.25, -0.2) is 0 Å². The molecule has 0 saturated heterocycles. The first-order valence-corrected chi connectivity index (χ1v) is 12.0. The van der Waals surface area contributed by atoms with Gasteiger partial charge in [0.15, 0.2) is 0 Å². The van der Waals surface area contributed by atoms with Crippen molar-refractivity contribution in [2.24, 2.45) is 18.9 Å². The molecule has 5 nitrogen and oxygen atoms in total. The van der Waals surface area contributed by atoms with Crippen LogP contribution in [0.15, 0.2) is 36.7 Å². The topological polar surface area (TPSA) is 47.4 Å². The van der Waals surface area contributed by atoms with Crippen LogP contribution in [-0.4, -0.2) is 34.0 Å². The maximum Gasteiger partial charge on any atom is 0.309 e. The summed E-state index contributed by atoms with van der Waals surface area (Å²) in [4.78, 5) is 19.8. The van der Waals surface area contributed by atoms with Crippen molar-refractivity contribution in [2.45, 2.75) is 59.6 Å². The third-order valence-electron chi connectivity index (χ3n) is 7.40. The summed E-state index contributed by atoms with van der Waals surface area (Å²) in [5, 5.41) is 1.32. The fourth-order valence-electron chi connectivity index (χ4n) is 5.07. The number of likely N-dealkylation sites (N-methyl/N-ethyl adjacent to an activating group) is 1. The molecule has 0 spiro atoms. The SMILES string of the molecule is Cc1cc(CC(C)(OC(=O)C(C)C(C)C)c2cccnc2)c2c(c1)c1c(n2C)CCN(C)C1. The van der Waals surface area contributed by atoms with Crippen LogP contribution < -0.4 is 0 Å². The average Bonchev–Trinajstić information content (AvgIpc) is 3.04. The number of carbonyl (C=O) groups is 1. The van der Waals surface area contributed by atoms with Crippen LogP contribution in [0.1, 0.15) is 55.6 Å². The number of nitrogens with zero attached hydrogens (tertiary/aromatic N) is 3. The molecule has 176 valence electrons. The van der Waals surface area contributed by atoms with Crippen LogP contribution in [0.2, 0.25) is 0 Å². The number of fused-ring (bicyclic) bond motifs is 3.